The Morgan fingerprint density at radius 3 is 2.76 bits per heavy atom. The number of nitro benzene ring substituents is 1. The zero-order chi connectivity index (χ0) is 26.1. The number of rotatable bonds is 6. The Bertz CT molecular complexity index is 1550. The van der Waals surface area contributed by atoms with Crippen molar-refractivity contribution in [1.82, 2.24) is 14.3 Å². The third-order valence-corrected chi connectivity index (χ3v) is 10.2. The predicted molar refractivity (Wildman–Crippen MR) is 136 cm³/mol. The molecule has 0 N–H and O–H groups in total. The summed E-state index contributed by atoms with van der Waals surface area (Å²) in [6.07, 6.45) is 2.78. The number of halogens is 1. The van der Waals surface area contributed by atoms with Gasteiger partial charge in [-0.05, 0) is 37.0 Å². The van der Waals surface area contributed by atoms with Crippen LogP contribution in [0.4, 0.5) is 5.69 Å². The van der Waals surface area contributed by atoms with Crippen molar-refractivity contribution >= 4 is 67.5 Å². The van der Waals surface area contributed by atoms with E-state index in [-0.39, 0.29) is 23.9 Å². The fourth-order valence-electron chi connectivity index (χ4n) is 4.69. The number of carbonyl (C=O) groups excluding carboxylic acids is 3. The van der Waals surface area contributed by atoms with Crippen molar-refractivity contribution in [3.63, 3.8) is 0 Å². The average molecular weight is 605 g/mol. The van der Waals surface area contributed by atoms with E-state index in [0.717, 1.165) is 25.0 Å². The van der Waals surface area contributed by atoms with Crippen LogP contribution in [0.2, 0.25) is 0 Å². The maximum Gasteiger partial charge on any atom is 0.355 e. The molecule has 2 aliphatic heterocycles. The first-order chi connectivity index (χ1) is 17.7. The van der Waals surface area contributed by atoms with Crippen molar-refractivity contribution in [2.45, 2.75) is 42.5 Å². The molecular weight excluding hydrogens is 588 g/mol. The Morgan fingerprint density at radius 1 is 1.30 bits per heavy atom. The van der Waals surface area contributed by atoms with Crippen LogP contribution in [0, 0.1) is 10.1 Å². The van der Waals surface area contributed by atoms with Crippen LogP contribution >= 0.6 is 39.0 Å². The number of non-ortho nitro benzene ring substituents is 1. The number of alkyl halides is 1. The number of nitro groups is 1. The standard InChI is InChI=1S/C23H17BrN4O7S2/c1-11(29)35-18-17(25-22-26(18)14-3-2-4-16(14)37-22)23(24)20(31)27-15(10-36-21(23)27)19(30)34-9-12-5-7-13(8-6-12)28(32)33/h5-8,10,21H,2-4,9H2,1H3/t21-,23?/m1/s1. The Hall–Kier alpha value is -3.23. The molecule has 0 spiro atoms. The van der Waals surface area contributed by atoms with Crippen LogP contribution in [0.1, 0.15) is 35.2 Å². The lowest BCUT2D eigenvalue weighted by Gasteiger charge is -2.48. The lowest BCUT2D eigenvalue weighted by molar-refractivity contribution is -0.384. The second-order valence-electron chi connectivity index (χ2n) is 8.68. The highest BCUT2D eigenvalue weighted by Crippen LogP contribution is 2.59. The Labute approximate surface area is 225 Å². The van der Waals surface area contributed by atoms with Crippen molar-refractivity contribution in [1.29, 1.82) is 0 Å². The normalized spacial score (nSPS) is 21.9. The first kappa shape index (κ1) is 24.1. The second-order valence-corrected chi connectivity index (χ2v) is 11.9. The summed E-state index contributed by atoms with van der Waals surface area (Å²) in [5.41, 5.74) is 1.94. The molecule has 1 fully saturated rings. The van der Waals surface area contributed by atoms with E-state index in [1.807, 2.05) is 4.40 Å². The van der Waals surface area contributed by atoms with Crippen molar-refractivity contribution in [3.8, 4) is 5.88 Å². The molecule has 1 aromatic carbocycles. The number of thioether (sulfide) groups is 1. The highest BCUT2D eigenvalue weighted by Gasteiger charge is 2.67. The molecule has 3 aliphatic rings. The maximum atomic E-state index is 13.5. The smallest absolute Gasteiger partial charge is 0.355 e. The minimum absolute atomic E-state index is 0.0649. The summed E-state index contributed by atoms with van der Waals surface area (Å²) in [4.78, 5) is 56.5. The number of imidazole rings is 1. The van der Waals surface area contributed by atoms with E-state index >= 15 is 0 Å². The van der Waals surface area contributed by atoms with Gasteiger partial charge in [0, 0.05) is 35.0 Å². The van der Waals surface area contributed by atoms with Crippen molar-refractivity contribution < 1.29 is 28.8 Å². The van der Waals surface area contributed by atoms with Crippen LogP contribution in [0.5, 0.6) is 5.88 Å². The van der Waals surface area contributed by atoms with E-state index < -0.39 is 32.5 Å². The number of fused-ring (bicyclic) bond motifs is 4. The van der Waals surface area contributed by atoms with Gasteiger partial charge in [-0.15, -0.1) is 23.1 Å². The maximum absolute atomic E-state index is 13.5. The predicted octanol–water partition coefficient (Wildman–Crippen LogP) is 3.81. The van der Waals surface area contributed by atoms with Crippen molar-refractivity contribution in [3.05, 3.63) is 67.3 Å². The Balaban J connectivity index is 1.23. The van der Waals surface area contributed by atoms with Gasteiger partial charge in [-0.2, -0.15) is 0 Å². The zero-order valence-corrected chi connectivity index (χ0v) is 22.4. The van der Waals surface area contributed by atoms with Crippen LogP contribution in [-0.2, 0) is 42.9 Å². The summed E-state index contributed by atoms with van der Waals surface area (Å²) in [5, 5.41) is 11.8. The van der Waals surface area contributed by atoms with Gasteiger partial charge in [0.05, 0.1) is 4.92 Å². The topological polar surface area (TPSA) is 133 Å². The van der Waals surface area contributed by atoms with Crippen LogP contribution < -0.4 is 4.74 Å². The largest absolute Gasteiger partial charge is 0.456 e. The van der Waals surface area contributed by atoms with Gasteiger partial charge in [0.2, 0.25) is 5.88 Å². The molecule has 37 heavy (non-hydrogen) atoms. The molecule has 2 aromatic heterocycles. The van der Waals surface area contributed by atoms with Crippen LogP contribution in [-0.4, -0.2) is 42.4 Å². The molecular formula is C23H17BrN4O7S2. The number of esters is 2. The van der Waals surface area contributed by atoms with Gasteiger partial charge in [0.15, 0.2) is 9.29 Å². The summed E-state index contributed by atoms with van der Waals surface area (Å²) in [7, 11) is 0. The highest BCUT2D eigenvalue weighted by atomic mass is 79.9. The Kier molecular flexibility index (Phi) is 5.65. The van der Waals surface area contributed by atoms with Gasteiger partial charge in [-0.1, -0.05) is 15.9 Å². The fraction of sp³-hybridized carbons (Fsp3) is 0.304. The molecule has 14 heteroatoms. The molecule has 0 saturated carbocycles. The molecule has 4 heterocycles. The number of amides is 1. The summed E-state index contributed by atoms with van der Waals surface area (Å²) in [6, 6.07) is 5.66. The summed E-state index contributed by atoms with van der Waals surface area (Å²) in [5.74, 6) is -1.41. The number of aromatic nitrogens is 2. The number of carbonyl (C=O) groups is 3. The minimum Gasteiger partial charge on any atom is -0.456 e. The zero-order valence-electron chi connectivity index (χ0n) is 19.1. The molecule has 0 bridgehead atoms. The highest BCUT2D eigenvalue weighted by molar-refractivity contribution is 9.10. The van der Waals surface area contributed by atoms with E-state index in [2.05, 4.69) is 15.9 Å². The first-order valence-corrected chi connectivity index (χ1v) is 13.8. The molecule has 2 atom stereocenters. The number of hydrogen-bond donors (Lipinski definition) is 0. The molecule has 0 radical (unpaired) electrons. The monoisotopic (exact) mass is 604 g/mol. The lowest BCUT2D eigenvalue weighted by atomic mass is 9.93. The molecule has 1 aliphatic carbocycles. The SMILES string of the molecule is CC(=O)Oc1c(C2(Br)C(=O)N3C(C(=O)OCc4ccc([N+](=O)[O-])cc4)=CS[C@@H]32)nc2sc3c(n12)CCC3. The van der Waals surface area contributed by atoms with Gasteiger partial charge in [0.1, 0.15) is 23.4 Å². The molecule has 190 valence electrons. The molecule has 11 nitrogen and oxygen atoms in total. The fourth-order valence-corrected chi connectivity index (χ4v) is 8.07. The summed E-state index contributed by atoms with van der Waals surface area (Å²) >= 11 is 6.37. The van der Waals surface area contributed by atoms with Crippen LogP contribution in [0.15, 0.2) is 35.4 Å². The van der Waals surface area contributed by atoms with E-state index in [4.69, 9.17) is 14.5 Å². The third kappa shape index (κ3) is 3.61. The average Bonchev–Trinajstić information content (AvgIpc) is 3.62. The number of β-lactam (4-membered cyclic amide) rings is 1. The second kappa shape index (κ2) is 8.67. The van der Waals surface area contributed by atoms with Crippen LogP contribution in [0.25, 0.3) is 4.96 Å². The number of nitrogens with zero attached hydrogens (tertiary/aromatic N) is 4. The summed E-state index contributed by atoms with van der Waals surface area (Å²) < 4.78 is 11.5. The number of thiazole rings is 1. The number of aryl methyl sites for hydroxylation is 2. The van der Waals surface area contributed by atoms with E-state index in [1.165, 1.54) is 64.1 Å². The molecule has 6 rings (SSSR count). The quantitative estimate of drug-likeness (QED) is 0.135. The van der Waals surface area contributed by atoms with Gasteiger partial charge < -0.3 is 9.47 Å². The summed E-state index contributed by atoms with van der Waals surface area (Å²) in [6.45, 7) is 1.19. The van der Waals surface area contributed by atoms with Gasteiger partial charge in [0.25, 0.3) is 11.6 Å². The molecule has 3 aromatic rings. The number of hydrogen-bond acceptors (Lipinski definition) is 10. The number of benzene rings is 1. The van der Waals surface area contributed by atoms with Crippen molar-refractivity contribution in [2.75, 3.05) is 0 Å². The van der Waals surface area contributed by atoms with Crippen LogP contribution in [0.3, 0.4) is 0 Å². The lowest BCUT2D eigenvalue weighted by Crippen LogP contribution is -2.65. The Morgan fingerprint density at radius 2 is 2.05 bits per heavy atom. The molecule has 1 saturated heterocycles. The van der Waals surface area contributed by atoms with E-state index in [0.29, 0.717) is 16.2 Å². The van der Waals surface area contributed by atoms with Crippen molar-refractivity contribution in [2.24, 2.45) is 0 Å². The van der Waals surface area contributed by atoms with E-state index in [1.54, 1.807) is 5.41 Å². The first-order valence-electron chi connectivity index (χ1n) is 11.2. The van der Waals surface area contributed by atoms with Gasteiger partial charge in [-0.25, -0.2) is 9.78 Å². The van der Waals surface area contributed by atoms with Gasteiger partial charge in [-0.3, -0.25) is 29.0 Å². The van der Waals surface area contributed by atoms with Gasteiger partial charge >= 0.3 is 11.9 Å². The minimum atomic E-state index is -1.30. The molecule has 1 amide bonds. The number of ether oxygens (including phenoxy) is 2. The van der Waals surface area contributed by atoms with E-state index in [9.17, 15) is 24.5 Å². The third-order valence-electron chi connectivity index (χ3n) is 6.41. The molecule has 1 unspecified atom stereocenters.